The van der Waals surface area contributed by atoms with Gasteiger partial charge in [-0.3, -0.25) is 0 Å². The summed E-state index contributed by atoms with van der Waals surface area (Å²) in [6, 6.07) is 8.38. The average molecular weight is 233 g/mol. The fourth-order valence-corrected chi connectivity index (χ4v) is 1.94. The molecule has 1 aromatic carbocycles. The number of thioether (sulfide) groups is 1. The zero-order valence-corrected chi connectivity index (χ0v) is 10.3. The standard InChI is InChI=1S/C12H15N3S/c1-9-12(15-8-14-9)7-13-10-4-3-5-11(6-10)16-2/h3-6,8,13H,7H2,1-2H3,(H,14,15). The molecule has 0 radical (unpaired) electrons. The Labute approximate surface area is 99.7 Å². The van der Waals surface area contributed by atoms with E-state index in [1.54, 1.807) is 18.1 Å². The largest absolute Gasteiger partial charge is 0.379 e. The van der Waals surface area contributed by atoms with Gasteiger partial charge in [0.25, 0.3) is 0 Å². The van der Waals surface area contributed by atoms with Gasteiger partial charge >= 0.3 is 0 Å². The maximum atomic E-state index is 4.25. The number of aryl methyl sites for hydroxylation is 1. The van der Waals surface area contributed by atoms with Crippen LogP contribution in [0.2, 0.25) is 0 Å². The first-order valence-corrected chi connectivity index (χ1v) is 6.39. The number of nitrogens with one attached hydrogen (secondary N) is 2. The first-order chi connectivity index (χ1) is 7.79. The third kappa shape index (κ3) is 2.58. The predicted octanol–water partition coefficient (Wildman–Crippen LogP) is 3.05. The molecule has 2 rings (SSSR count). The van der Waals surface area contributed by atoms with E-state index < -0.39 is 0 Å². The summed E-state index contributed by atoms with van der Waals surface area (Å²) in [6.07, 6.45) is 3.81. The number of H-pyrrole nitrogens is 1. The van der Waals surface area contributed by atoms with Crippen molar-refractivity contribution in [2.45, 2.75) is 18.4 Å². The van der Waals surface area contributed by atoms with Crippen molar-refractivity contribution in [2.75, 3.05) is 11.6 Å². The smallest absolute Gasteiger partial charge is 0.0925 e. The van der Waals surface area contributed by atoms with Gasteiger partial charge in [-0.25, -0.2) is 4.98 Å². The summed E-state index contributed by atoms with van der Waals surface area (Å²) in [5.41, 5.74) is 3.32. The van der Waals surface area contributed by atoms with Crippen LogP contribution in [-0.2, 0) is 6.54 Å². The van der Waals surface area contributed by atoms with E-state index in [2.05, 4.69) is 45.8 Å². The van der Waals surface area contributed by atoms with Gasteiger partial charge in [0, 0.05) is 16.3 Å². The quantitative estimate of drug-likeness (QED) is 0.797. The highest BCUT2D eigenvalue weighted by Gasteiger charge is 2.00. The summed E-state index contributed by atoms with van der Waals surface area (Å²) in [5, 5.41) is 3.37. The molecule has 16 heavy (non-hydrogen) atoms. The highest BCUT2D eigenvalue weighted by molar-refractivity contribution is 7.98. The van der Waals surface area contributed by atoms with Gasteiger partial charge in [-0.05, 0) is 31.4 Å². The van der Waals surface area contributed by atoms with E-state index in [9.17, 15) is 0 Å². The number of anilines is 1. The summed E-state index contributed by atoms with van der Waals surface area (Å²) >= 11 is 1.75. The molecular formula is C12H15N3S. The molecule has 0 aliphatic heterocycles. The molecule has 0 spiro atoms. The number of aromatic nitrogens is 2. The summed E-state index contributed by atoms with van der Waals surface area (Å²) in [7, 11) is 0. The fourth-order valence-electron chi connectivity index (χ4n) is 1.48. The van der Waals surface area contributed by atoms with E-state index in [0.717, 1.165) is 23.6 Å². The first-order valence-electron chi connectivity index (χ1n) is 5.16. The molecule has 0 fully saturated rings. The number of hydrogen-bond donors (Lipinski definition) is 2. The Morgan fingerprint density at radius 2 is 2.31 bits per heavy atom. The molecule has 0 aliphatic carbocycles. The molecule has 0 bridgehead atoms. The molecule has 1 heterocycles. The molecule has 0 atom stereocenters. The van der Waals surface area contributed by atoms with Crippen LogP contribution in [0.15, 0.2) is 35.5 Å². The van der Waals surface area contributed by atoms with Crippen LogP contribution >= 0.6 is 11.8 Å². The Bertz CT molecular complexity index is 465. The minimum absolute atomic E-state index is 0.757. The first kappa shape index (κ1) is 11.1. The van der Waals surface area contributed by atoms with Crippen molar-refractivity contribution >= 4 is 17.4 Å². The zero-order chi connectivity index (χ0) is 11.4. The SMILES string of the molecule is CSc1cccc(NCc2nc[nH]c2C)c1. The lowest BCUT2D eigenvalue weighted by molar-refractivity contribution is 1.05. The lowest BCUT2D eigenvalue weighted by atomic mass is 10.3. The van der Waals surface area contributed by atoms with Crippen molar-refractivity contribution in [1.29, 1.82) is 0 Å². The molecule has 4 heteroatoms. The summed E-state index contributed by atoms with van der Waals surface area (Å²) in [4.78, 5) is 8.59. The van der Waals surface area contributed by atoms with Gasteiger partial charge in [-0.2, -0.15) is 0 Å². The van der Waals surface area contributed by atoms with Gasteiger partial charge in [0.2, 0.25) is 0 Å². The monoisotopic (exact) mass is 233 g/mol. The molecule has 0 unspecified atom stereocenters. The summed E-state index contributed by atoms with van der Waals surface area (Å²) in [6.45, 7) is 2.79. The molecular weight excluding hydrogens is 218 g/mol. The van der Waals surface area contributed by atoms with E-state index in [0.29, 0.717) is 0 Å². The molecule has 2 aromatic rings. The van der Waals surface area contributed by atoms with E-state index in [1.807, 2.05) is 6.92 Å². The highest BCUT2D eigenvalue weighted by atomic mass is 32.2. The van der Waals surface area contributed by atoms with Gasteiger partial charge in [-0.1, -0.05) is 6.07 Å². The minimum atomic E-state index is 0.757. The van der Waals surface area contributed by atoms with Crippen molar-refractivity contribution in [3.8, 4) is 0 Å². The third-order valence-electron chi connectivity index (χ3n) is 2.46. The van der Waals surface area contributed by atoms with Gasteiger partial charge in [0.05, 0.1) is 18.6 Å². The fraction of sp³-hybridized carbons (Fsp3) is 0.250. The van der Waals surface area contributed by atoms with Crippen molar-refractivity contribution in [3.05, 3.63) is 42.0 Å². The van der Waals surface area contributed by atoms with E-state index >= 15 is 0 Å². The Hall–Kier alpha value is -1.42. The van der Waals surface area contributed by atoms with Crippen LogP contribution in [0, 0.1) is 6.92 Å². The Morgan fingerprint density at radius 3 is 3.00 bits per heavy atom. The number of imidazole rings is 1. The molecule has 3 nitrogen and oxygen atoms in total. The van der Waals surface area contributed by atoms with Gasteiger partial charge in [0.15, 0.2) is 0 Å². The van der Waals surface area contributed by atoms with Crippen LogP contribution < -0.4 is 5.32 Å². The maximum absolute atomic E-state index is 4.25. The van der Waals surface area contributed by atoms with Crippen molar-refractivity contribution in [2.24, 2.45) is 0 Å². The Balaban J connectivity index is 2.02. The number of rotatable bonds is 4. The third-order valence-corrected chi connectivity index (χ3v) is 3.19. The number of benzene rings is 1. The summed E-state index contributed by atoms with van der Waals surface area (Å²) < 4.78 is 0. The summed E-state index contributed by atoms with van der Waals surface area (Å²) in [5.74, 6) is 0. The molecule has 0 amide bonds. The van der Waals surface area contributed by atoms with Crippen LogP contribution in [0.4, 0.5) is 5.69 Å². The van der Waals surface area contributed by atoms with Crippen LogP contribution in [-0.4, -0.2) is 16.2 Å². The Morgan fingerprint density at radius 1 is 1.44 bits per heavy atom. The topological polar surface area (TPSA) is 40.7 Å². The zero-order valence-electron chi connectivity index (χ0n) is 9.45. The van der Waals surface area contributed by atoms with Gasteiger partial charge in [-0.15, -0.1) is 11.8 Å². The molecule has 2 N–H and O–H groups in total. The van der Waals surface area contributed by atoms with E-state index in [1.165, 1.54) is 4.90 Å². The number of nitrogens with zero attached hydrogens (tertiary/aromatic N) is 1. The van der Waals surface area contributed by atoms with Crippen LogP contribution in [0.1, 0.15) is 11.4 Å². The van der Waals surface area contributed by atoms with Crippen molar-refractivity contribution < 1.29 is 0 Å². The maximum Gasteiger partial charge on any atom is 0.0925 e. The van der Waals surface area contributed by atoms with Crippen LogP contribution in [0.3, 0.4) is 0 Å². The minimum Gasteiger partial charge on any atom is -0.379 e. The van der Waals surface area contributed by atoms with Crippen molar-refractivity contribution in [3.63, 3.8) is 0 Å². The molecule has 1 aromatic heterocycles. The van der Waals surface area contributed by atoms with Gasteiger partial charge < -0.3 is 10.3 Å². The molecule has 0 saturated heterocycles. The van der Waals surface area contributed by atoms with Crippen molar-refractivity contribution in [1.82, 2.24) is 9.97 Å². The second-order valence-electron chi connectivity index (χ2n) is 3.56. The van der Waals surface area contributed by atoms with Crippen LogP contribution in [0.5, 0.6) is 0 Å². The molecule has 84 valence electrons. The van der Waals surface area contributed by atoms with E-state index in [4.69, 9.17) is 0 Å². The lowest BCUT2D eigenvalue weighted by Gasteiger charge is -2.06. The predicted molar refractivity (Wildman–Crippen MR) is 68.9 cm³/mol. The normalized spacial score (nSPS) is 10.4. The second kappa shape index (κ2) is 5.07. The Kier molecular flexibility index (Phi) is 3.51. The molecule has 0 aliphatic rings. The number of hydrogen-bond acceptors (Lipinski definition) is 3. The second-order valence-corrected chi connectivity index (χ2v) is 4.44. The number of aromatic amines is 1. The highest BCUT2D eigenvalue weighted by Crippen LogP contribution is 2.19. The van der Waals surface area contributed by atoms with Gasteiger partial charge in [0.1, 0.15) is 0 Å². The lowest BCUT2D eigenvalue weighted by Crippen LogP contribution is -2.01. The average Bonchev–Trinajstić information content (AvgIpc) is 2.72. The van der Waals surface area contributed by atoms with Crippen LogP contribution in [0.25, 0.3) is 0 Å². The molecule has 0 saturated carbocycles. The van der Waals surface area contributed by atoms with E-state index in [-0.39, 0.29) is 0 Å².